The lowest BCUT2D eigenvalue weighted by molar-refractivity contribution is 0.933. The van der Waals surface area contributed by atoms with Crippen LogP contribution in [0.3, 0.4) is 0 Å². The van der Waals surface area contributed by atoms with E-state index in [1.807, 2.05) is 6.92 Å². The number of hydrazine groups is 1. The van der Waals surface area contributed by atoms with Crippen LogP contribution in [0.2, 0.25) is 0 Å². The van der Waals surface area contributed by atoms with E-state index in [4.69, 9.17) is 5.84 Å². The van der Waals surface area contributed by atoms with Gasteiger partial charge in [0.25, 0.3) is 0 Å². The van der Waals surface area contributed by atoms with E-state index in [-0.39, 0.29) is 0 Å². The van der Waals surface area contributed by atoms with E-state index in [9.17, 15) is 0 Å². The van der Waals surface area contributed by atoms with E-state index in [2.05, 4.69) is 16.5 Å². The first kappa shape index (κ1) is 8.67. The molecule has 0 aliphatic heterocycles. The molecule has 0 saturated carbocycles. The lowest BCUT2D eigenvalue weighted by Gasteiger charge is -2.13. The maximum atomic E-state index is 5.55. The van der Waals surface area contributed by atoms with Crippen LogP contribution in [0.5, 0.6) is 0 Å². The van der Waals surface area contributed by atoms with Crippen LogP contribution < -0.4 is 10.9 Å². The molecule has 1 rings (SSSR count). The molecule has 0 aromatic carbocycles. The van der Waals surface area contributed by atoms with Gasteiger partial charge in [-0.05, 0) is 6.92 Å². The van der Waals surface area contributed by atoms with Crippen LogP contribution in [0.4, 0.5) is 5.82 Å². The first-order chi connectivity index (χ1) is 5.65. The molecule has 0 unspecified atom stereocenters. The average Bonchev–Trinajstić information content (AvgIpc) is 2.04. The molecule has 0 atom stereocenters. The molecule has 1 aromatic rings. The van der Waals surface area contributed by atoms with Crippen molar-refractivity contribution in [2.24, 2.45) is 5.84 Å². The Bertz CT molecular complexity index is 293. The first-order valence-electron chi connectivity index (χ1n) is 3.59. The van der Waals surface area contributed by atoms with Gasteiger partial charge in [-0.3, -0.25) is 5.01 Å². The van der Waals surface area contributed by atoms with Crippen LogP contribution in [-0.4, -0.2) is 17.0 Å². The zero-order valence-corrected chi connectivity index (χ0v) is 7.28. The van der Waals surface area contributed by atoms with Crippen LogP contribution in [0.15, 0.2) is 12.8 Å². The molecule has 0 bridgehead atoms. The lowest BCUT2D eigenvalue weighted by atomic mass is 10.3. The second kappa shape index (κ2) is 3.32. The van der Waals surface area contributed by atoms with Gasteiger partial charge in [0.1, 0.15) is 5.82 Å². The van der Waals surface area contributed by atoms with Gasteiger partial charge in [0.2, 0.25) is 0 Å². The summed E-state index contributed by atoms with van der Waals surface area (Å²) in [4.78, 5) is 8.19. The molecule has 0 spiro atoms. The van der Waals surface area contributed by atoms with Gasteiger partial charge in [0.15, 0.2) is 5.82 Å². The highest BCUT2D eigenvalue weighted by Gasteiger charge is 2.03. The zero-order valence-electron chi connectivity index (χ0n) is 7.28. The van der Waals surface area contributed by atoms with Gasteiger partial charge < -0.3 is 0 Å². The fourth-order valence-corrected chi connectivity index (χ4v) is 0.894. The van der Waals surface area contributed by atoms with Crippen LogP contribution in [0.25, 0.3) is 6.08 Å². The summed E-state index contributed by atoms with van der Waals surface area (Å²) in [7, 11) is 1.73. The summed E-state index contributed by atoms with van der Waals surface area (Å²) >= 11 is 0. The molecule has 0 saturated heterocycles. The van der Waals surface area contributed by atoms with E-state index >= 15 is 0 Å². The minimum absolute atomic E-state index is 0.692. The Kier molecular flexibility index (Phi) is 2.40. The lowest BCUT2D eigenvalue weighted by Crippen LogP contribution is -2.27. The molecule has 0 radical (unpaired) electrons. The molecule has 0 aliphatic carbocycles. The third-order valence-corrected chi connectivity index (χ3v) is 1.47. The number of aryl methyl sites for hydroxylation is 1. The maximum absolute atomic E-state index is 5.55. The fraction of sp³-hybridized carbons (Fsp3) is 0.250. The van der Waals surface area contributed by atoms with E-state index in [0.717, 1.165) is 5.56 Å². The third kappa shape index (κ3) is 1.60. The summed E-state index contributed by atoms with van der Waals surface area (Å²) in [6, 6.07) is 0. The normalized spacial score (nSPS) is 9.58. The standard InChI is InChI=1S/C8H12N4/c1-4-7-5-10-6(2)11-8(7)12(3)9/h4-5H,1,9H2,2-3H3. The van der Waals surface area contributed by atoms with E-state index in [1.54, 1.807) is 19.3 Å². The summed E-state index contributed by atoms with van der Waals surface area (Å²) in [5, 5.41) is 1.45. The first-order valence-corrected chi connectivity index (χ1v) is 3.59. The van der Waals surface area contributed by atoms with Gasteiger partial charge in [-0.15, -0.1) is 0 Å². The Morgan fingerprint density at radius 1 is 1.67 bits per heavy atom. The monoisotopic (exact) mass is 164 g/mol. The number of hydrogen-bond donors (Lipinski definition) is 1. The van der Waals surface area contributed by atoms with Crippen molar-refractivity contribution in [2.75, 3.05) is 12.1 Å². The summed E-state index contributed by atoms with van der Waals surface area (Å²) in [6.45, 7) is 5.46. The van der Waals surface area contributed by atoms with Gasteiger partial charge in [-0.1, -0.05) is 12.7 Å². The van der Waals surface area contributed by atoms with Crippen molar-refractivity contribution in [1.82, 2.24) is 9.97 Å². The fourth-order valence-electron chi connectivity index (χ4n) is 0.894. The molecular formula is C8H12N4. The smallest absolute Gasteiger partial charge is 0.153 e. The number of nitrogens with two attached hydrogens (primary N) is 1. The predicted octanol–water partition coefficient (Wildman–Crippen LogP) is 0.738. The predicted molar refractivity (Wildman–Crippen MR) is 49.5 cm³/mol. The molecule has 0 amide bonds. The van der Waals surface area contributed by atoms with Crippen molar-refractivity contribution in [1.29, 1.82) is 0 Å². The van der Waals surface area contributed by atoms with Gasteiger partial charge in [0.05, 0.1) is 0 Å². The van der Waals surface area contributed by atoms with Crippen molar-refractivity contribution in [3.8, 4) is 0 Å². The number of rotatable bonds is 2. The van der Waals surface area contributed by atoms with Gasteiger partial charge in [0, 0.05) is 18.8 Å². The second-order valence-electron chi connectivity index (χ2n) is 2.51. The van der Waals surface area contributed by atoms with Crippen molar-refractivity contribution in [3.05, 3.63) is 24.2 Å². The Hall–Kier alpha value is -1.42. The van der Waals surface area contributed by atoms with Gasteiger partial charge in [-0.2, -0.15) is 0 Å². The Balaban J connectivity index is 3.21. The van der Waals surface area contributed by atoms with Gasteiger partial charge >= 0.3 is 0 Å². The third-order valence-electron chi connectivity index (χ3n) is 1.47. The Morgan fingerprint density at radius 2 is 2.33 bits per heavy atom. The molecule has 4 nitrogen and oxygen atoms in total. The largest absolute Gasteiger partial charge is 0.297 e. The highest BCUT2D eigenvalue weighted by molar-refractivity contribution is 5.60. The molecule has 4 heteroatoms. The number of aromatic nitrogens is 2. The maximum Gasteiger partial charge on any atom is 0.153 e. The molecule has 12 heavy (non-hydrogen) atoms. The molecule has 1 aromatic heterocycles. The minimum Gasteiger partial charge on any atom is -0.297 e. The quantitative estimate of drug-likeness (QED) is 0.517. The summed E-state index contributed by atoms with van der Waals surface area (Å²) < 4.78 is 0. The van der Waals surface area contributed by atoms with Crippen molar-refractivity contribution >= 4 is 11.9 Å². The molecule has 0 aliphatic rings. The number of hydrogen-bond acceptors (Lipinski definition) is 4. The average molecular weight is 164 g/mol. The topological polar surface area (TPSA) is 55.0 Å². The van der Waals surface area contributed by atoms with E-state index < -0.39 is 0 Å². The van der Waals surface area contributed by atoms with E-state index in [0.29, 0.717) is 11.6 Å². The van der Waals surface area contributed by atoms with Crippen LogP contribution in [0.1, 0.15) is 11.4 Å². The van der Waals surface area contributed by atoms with Crippen molar-refractivity contribution < 1.29 is 0 Å². The van der Waals surface area contributed by atoms with Crippen molar-refractivity contribution in [2.45, 2.75) is 6.92 Å². The highest BCUT2D eigenvalue weighted by Crippen LogP contribution is 2.13. The van der Waals surface area contributed by atoms with Crippen LogP contribution in [-0.2, 0) is 0 Å². The SMILES string of the molecule is C=Cc1cnc(C)nc1N(C)N. The Labute approximate surface area is 71.7 Å². The molecular weight excluding hydrogens is 152 g/mol. The molecule has 64 valence electrons. The number of nitrogens with zero attached hydrogens (tertiary/aromatic N) is 3. The highest BCUT2D eigenvalue weighted by atomic mass is 15.4. The molecule has 0 fully saturated rings. The Morgan fingerprint density at radius 3 is 2.83 bits per heavy atom. The second-order valence-corrected chi connectivity index (χ2v) is 2.51. The summed E-state index contributed by atoms with van der Waals surface area (Å²) in [6.07, 6.45) is 3.38. The number of anilines is 1. The summed E-state index contributed by atoms with van der Waals surface area (Å²) in [5.74, 6) is 6.95. The zero-order chi connectivity index (χ0) is 9.14. The molecule has 1 heterocycles. The van der Waals surface area contributed by atoms with Crippen LogP contribution >= 0.6 is 0 Å². The van der Waals surface area contributed by atoms with Gasteiger partial charge in [-0.25, -0.2) is 15.8 Å². The molecule has 2 N–H and O–H groups in total. The van der Waals surface area contributed by atoms with E-state index in [1.165, 1.54) is 5.01 Å². The van der Waals surface area contributed by atoms with Crippen molar-refractivity contribution in [3.63, 3.8) is 0 Å². The summed E-state index contributed by atoms with van der Waals surface area (Å²) in [5.41, 5.74) is 0.839. The minimum atomic E-state index is 0.692. The van der Waals surface area contributed by atoms with Crippen LogP contribution in [0, 0.1) is 6.92 Å².